The molecular weight excluding hydrogens is 418 g/mol. The second kappa shape index (κ2) is 7.37. The minimum absolute atomic E-state index is 0.384. The molecule has 0 unspecified atom stereocenters. The zero-order valence-electron chi connectivity index (χ0n) is 12.7. The third-order valence-electron chi connectivity index (χ3n) is 3.19. The van der Waals surface area contributed by atoms with E-state index in [9.17, 15) is 38.2 Å². The number of anilines is 1. The normalized spacial score (nSPS) is 11.1. The van der Waals surface area contributed by atoms with E-state index in [1.54, 1.807) is 0 Å². The van der Waals surface area contributed by atoms with Crippen LogP contribution in [0.15, 0.2) is 30.3 Å². The fourth-order valence-electron chi connectivity index (χ4n) is 1.98. The number of amides is 1. The summed E-state index contributed by atoms with van der Waals surface area (Å²) in [6.45, 7) is 0. The van der Waals surface area contributed by atoms with Crippen LogP contribution in [0.3, 0.4) is 0 Å². The maximum absolute atomic E-state index is 12.7. The van der Waals surface area contributed by atoms with Crippen LogP contribution in [0.4, 0.5) is 30.2 Å². The van der Waals surface area contributed by atoms with Crippen LogP contribution in [0.25, 0.3) is 0 Å². The number of nitrogens with zero attached hydrogens (tertiary/aromatic N) is 2. The summed E-state index contributed by atoms with van der Waals surface area (Å²) in [6.07, 6.45) is -4.73. The van der Waals surface area contributed by atoms with Crippen LogP contribution in [0.1, 0.15) is 15.9 Å². The van der Waals surface area contributed by atoms with Crippen molar-refractivity contribution in [2.75, 3.05) is 5.32 Å². The second-order valence-corrected chi connectivity index (χ2v) is 5.83. The molecule has 1 amide bonds. The number of nitrogens with one attached hydrogen (secondary N) is 1. The largest absolute Gasteiger partial charge is 0.416 e. The van der Waals surface area contributed by atoms with Crippen LogP contribution in [-0.2, 0) is 6.18 Å². The lowest BCUT2D eigenvalue weighted by molar-refractivity contribution is -0.394. The zero-order chi connectivity index (χ0) is 20.5. The molecule has 2 rings (SSSR count). The summed E-state index contributed by atoms with van der Waals surface area (Å²) in [5.41, 5.74) is -3.46. The number of hydrogen-bond donors (Lipinski definition) is 1. The quantitative estimate of drug-likeness (QED) is 0.543. The first kappa shape index (κ1) is 20.4. The van der Waals surface area contributed by atoms with Gasteiger partial charge in [-0.1, -0.05) is 23.2 Å². The molecule has 27 heavy (non-hydrogen) atoms. The first-order valence-corrected chi connectivity index (χ1v) is 7.47. The minimum atomic E-state index is -4.73. The molecule has 0 bridgehead atoms. The summed E-state index contributed by atoms with van der Waals surface area (Å²) < 4.78 is 38.1. The maximum atomic E-state index is 12.7. The SMILES string of the molecule is O=C(Nc1c(Cl)cc(C(F)(F)F)cc1Cl)c1cc([N+](=O)[O-])cc([N+](=O)[O-])c1. The van der Waals surface area contributed by atoms with Crippen LogP contribution < -0.4 is 5.32 Å². The summed E-state index contributed by atoms with van der Waals surface area (Å²) in [5.74, 6) is -1.09. The molecule has 13 heteroatoms. The Balaban J connectivity index is 2.43. The highest BCUT2D eigenvalue weighted by Crippen LogP contribution is 2.38. The van der Waals surface area contributed by atoms with Crippen molar-refractivity contribution in [3.05, 3.63) is 71.7 Å². The number of carbonyl (C=O) groups is 1. The number of halogens is 5. The first-order chi connectivity index (χ1) is 12.4. The summed E-state index contributed by atoms with van der Waals surface area (Å²) in [6, 6.07) is 3.22. The Morgan fingerprint density at radius 3 is 1.74 bits per heavy atom. The van der Waals surface area contributed by atoms with Crippen molar-refractivity contribution in [1.82, 2.24) is 0 Å². The van der Waals surface area contributed by atoms with Crippen LogP contribution in [0, 0.1) is 20.2 Å². The highest BCUT2D eigenvalue weighted by molar-refractivity contribution is 6.40. The molecule has 0 aromatic heterocycles. The Morgan fingerprint density at radius 1 is 0.926 bits per heavy atom. The number of benzene rings is 2. The van der Waals surface area contributed by atoms with E-state index in [1.807, 2.05) is 0 Å². The molecular formula is C14H6Cl2F3N3O5. The molecule has 0 atom stereocenters. The molecule has 2 aromatic carbocycles. The van der Waals surface area contributed by atoms with E-state index in [-0.39, 0.29) is 5.69 Å². The fourth-order valence-corrected chi connectivity index (χ4v) is 2.56. The van der Waals surface area contributed by atoms with Crippen LogP contribution in [0.2, 0.25) is 10.0 Å². The van der Waals surface area contributed by atoms with Gasteiger partial charge in [0, 0.05) is 12.1 Å². The summed E-state index contributed by atoms with van der Waals surface area (Å²) in [7, 11) is 0. The maximum Gasteiger partial charge on any atom is 0.416 e. The van der Waals surface area contributed by atoms with Crippen molar-refractivity contribution in [1.29, 1.82) is 0 Å². The van der Waals surface area contributed by atoms with Gasteiger partial charge in [0.2, 0.25) is 0 Å². The van der Waals surface area contributed by atoms with Gasteiger partial charge >= 0.3 is 6.18 Å². The molecule has 142 valence electrons. The van der Waals surface area contributed by atoms with E-state index < -0.39 is 54.5 Å². The molecule has 2 aromatic rings. The average Bonchev–Trinajstić information content (AvgIpc) is 2.56. The Morgan fingerprint density at radius 2 is 1.37 bits per heavy atom. The highest BCUT2D eigenvalue weighted by Gasteiger charge is 2.32. The molecule has 0 heterocycles. The Hall–Kier alpha value is -2.92. The molecule has 0 aliphatic carbocycles. The van der Waals surface area contributed by atoms with Crippen molar-refractivity contribution < 1.29 is 27.8 Å². The summed E-state index contributed by atoms with van der Waals surface area (Å²) in [4.78, 5) is 32.1. The summed E-state index contributed by atoms with van der Waals surface area (Å²) in [5, 5.41) is 22.7. The van der Waals surface area contributed by atoms with Gasteiger partial charge in [-0.2, -0.15) is 13.2 Å². The van der Waals surface area contributed by atoms with Crippen molar-refractivity contribution >= 4 is 46.2 Å². The number of rotatable bonds is 4. The molecule has 1 N–H and O–H groups in total. The van der Waals surface area contributed by atoms with E-state index in [4.69, 9.17) is 23.2 Å². The van der Waals surface area contributed by atoms with Gasteiger partial charge in [0.05, 0.1) is 42.8 Å². The predicted molar refractivity (Wildman–Crippen MR) is 89.2 cm³/mol. The van der Waals surface area contributed by atoms with E-state index in [0.29, 0.717) is 18.2 Å². The molecule has 0 aliphatic heterocycles. The number of hydrogen-bond acceptors (Lipinski definition) is 5. The van der Waals surface area contributed by atoms with Crippen molar-refractivity contribution in [3.8, 4) is 0 Å². The predicted octanol–water partition coefficient (Wildman–Crippen LogP) is 5.08. The molecule has 0 saturated carbocycles. The Bertz CT molecular complexity index is 910. The third kappa shape index (κ3) is 4.63. The van der Waals surface area contributed by atoms with Gasteiger partial charge in [-0.15, -0.1) is 0 Å². The van der Waals surface area contributed by atoms with E-state index in [2.05, 4.69) is 5.32 Å². The van der Waals surface area contributed by atoms with Gasteiger partial charge in [-0.3, -0.25) is 25.0 Å². The topological polar surface area (TPSA) is 115 Å². The third-order valence-corrected chi connectivity index (χ3v) is 3.79. The molecule has 0 saturated heterocycles. The highest BCUT2D eigenvalue weighted by atomic mass is 35.5. The molecule has 0 radical (unpaired) electrons. The van der Waals surface area contributed by atoms with Gasteiger partial charge in [0.15, 0.2) is 0 Å². The molecule has 0 spiro atoms. The Labute approximate surface area is 157 Å². The lowest BCUT2D eigenvalue weighted by Crippen LogP contribution is -2.14. The van der Waals surface area contributed by atoms with E-state index in [0.717, 1.165) is 12.1 Å². The first-order valence-electron chi connectivity index (χ1n) is 6.71. The van der Waals surface area contributed by atoms with Crippen LogP contribution >= 0.6 is 23.2 Å². The smallest absolute Gasteiger partial charge is 0.319 e. The van der Waals surface area contributed by atoms with Gasteiger partial charge in [0.25, 0.3) is 17.3 Å². The molecule has 0 aliphatic rings. The van der Waals surface area contributed by atoms with Gasteiger partial charge in [-0.05, 0) is 12.1 Å². The van der Waals surface area contributed by atoms with Crippen LogP contribution in [-0.4, -0.2) is 15.8 Å². The lowest BCUT2D eigenvalue weighted by atomic mass is 10.1. The Kier molecular flexibility index (Phi) is 5.56. The van der Waals surface area contributed by atoms with Crippen molar-refractivity contribution in [2.45, 2.75) is 6.18 Å². The van der Waals surface area contributed by atoms with Crippen LogP contribution in [0.5, 0.6) is 0 Å². The van der Waals surface area contributed by atoms with E-state index in [1.165, 1.54) is 0 Å². The number of non-ortho nitro benzene ring substituents is 2. The van der Waals surface area contributed by atoms with Crippen molar-refractivity contribution in [3.63, 3.8) is 0 Å². The molecule has 0 fully saturated rings. The fraction of sp³-hybridized carbons (Fsp3) is 0.0714. The lowest BCUT2D eigenvalue weighted by Gasteiger charge is -2.13. The van der Waals surface area contributed by atoms with Gasteiger partial charge in [0.1, 0.15) is 0 Å². The second-order valence-electron chi connectivity index (χ2n) is 5.02. The average molecular weight is 424 g/mol. The van der Waals surface area contributed by atoms with Gasteiger partial charge < -0.3 is 5.32 Å². The monoisotopic (exact) mass is 423 g/mol. The zero-order valence-corrected chi connectivity index (χ0v) is 14.2. The van der Waals surface area contributed by atoms with Crippen molar-refractivity contribution in [2.24, 2.45) is 0 Å². The number of carbonyl (C=O) groups excluding carboxylic acids is 1. The van der Waals surface area contributed by atoms with E-state index >= 15 is 0 Å². The minimum Gasteiger partial charge on any atom is -0.319 e. The number of alkyl halides is 3. The number of nitro groups is 2. The summed E-state index contributed by atoms with van der Waals surface area (Å²) >= 11 is 11.4. The standard InChI is InChI=1S/C14H6Cl2F3N3O5/c15-10-3-7(14(17,18)19)4-11(16)12(10)20-13(23)6-1-8(21(24)25)5-9(2-6)22(26)27/h1-5H,(H,20,23). The van der Waals surface area contributed by atoms with Gasteiger partial charge in [-0.25, -0.2) is 0 Å². The molecule has 8 nitrogen and oxygen atoms in total. The number of nitro benzene ring substituents is 2.